The maximum absolute atomic E-state index is 12.2. The van der Waals surface area contributed by atoms with Gasteiger partial charge in [0, 0.05) is 25.1 Å². The molecule has 0 unspecified atom stereocenters. The number of benzene rings is 2. The number of anilines is 1. The van der Waals surface area contributed by atoms with E-state index < -0.39 is 12.1 Å². The van der Waals surface area contributed by atoms with E-state index in [9.17, 15) is 9.59 Å². The lowest BCUT2D eigenvalue weighted by molar-refractivity contribution is 0.0696. The molecular weight excluding hydrogens is 406 g/mol. The van der Waals surface area contributed by atoms with Crippen LogP contribution in [0.25, 0.3) is 11.1 Å². The van der Waals surface area contributed by atoms with Crippen molar-refractivity contribution in [2.24, 2.45) is 0 Å². The number of amides is 1. The molecular formula is C25H21N3O4. The molecule has 3 aromatic rings. The van der Waals surface area contributed by atoms with Crippen molar-refractivity contribution in [2.75, 3.05) is 18.9 Å². The number of alkyl carbamates (subject to hydrolysis) is 1. The number of carbonyl (C=O) groups is 2. The molecule has 0 radical (unpaired) electrons. The number of carbonyl (C=O) groups excluding carboxylic acids is 1. The molecule has 2 aromatic carbocycles. The van der Waals surface area contributed by atoms with Crippen molar-refractivity contribution in [3.05, 3.63) is 83.0 Å². The van der Waals surface area contributed by atoms with E-state index in [1.165, 1.54) is 23.4 Å². The first kappa shape index (κ1) is 20.9. The van der Waals surface area contributed by atoms with Gasteiger partial charge in [0.1, 0.15) is 12.4 Å². The lowest BCUT2D eigenvalue weighted by Crippen LogP contribution is -2.26. The van der Waals surface area contributed by atoms with Crippen LogP contribution in [0.2, 0.25) is 0 Å². The van der Waals surface area contributed by atoms with Gasteiger partial charge < -0.3 is 20.9 Å². The van der Waals surface area contributed by atoms with E-state index in [-0.39, 0.29) is 30.5 Å². The molecule has 7 nitrogen and oxygen atoms in total. The van der Waals surface area contributed by atoms with Crippen LogP contribution in [0.15, 0.2) is 60.8 Å². The highest BCUT2D eigenvalue weighted by Crippen LogP contribution is 2.44. The number of pyridine rings is 1. The van der Waals surface area contributed by atoms with Gasteiger partial charge in [-0.15, -0.1) is 0 Å². The highest BCUT2D eigenvalue weighted by Gasteiger charge is 2.28. The quantitative estimate of drug-likeness (QED) is 0.423. The number of nitrogen functional groups attached to an aromatic ring is 1. The van der Waals surface area contributed by atoms with Gasteiger partial charge in [0.2, 0.25) is 0 Å². The standard InChI is InChI=1S/C25H21N3O4/c26-23-16(13-17(14-28-23)24(29)30)7-5-6-12-27-25(31)32-15-22-20-10-3-1-8-18(20)19-9-2-4-11-21(19)22/h1-4,8-11,13-14,22H,6,12,15H2,(H2,26,28)(H,27,31)(H,29,30). The molecule has 0 aliphatic heterocycles. The summed E-state index contributed by atoms with van der Waals surface area (Å²) in [4.78, 5) is 27.0. The summed E-state index contributed by atoms with van der Waals surface area (Å²) in [6.45, 7) is 0.533. The lowest BCUT2D eigenvalue weighted by Gasteiger charge is -2.14. The number of nitrogens with zero attached hydrogens (tertiary/aromatic N) is 1. The van der Waals surface area contributed by atoms with Crippen LogP contribution in [0.5, 0.6) is 0 Å². The Bertz CT molecular complexity index is 1200. The number of aromatic nitrogens is 1. The Hall–Kier alpha value is -4.31. The Morgan fingerprint density at radius 3 is 2.41 bits per heavy atom. The molecule has 1 heterocycles. The number of aromatic carboxylic acids is 1. The predicted molar refractivity (Wildman–Crippen MR) is 120 cm³/mol. The minimum absolute atomic E-state index is 0.00456. The fourth-order valence-corrected chi connectivity index (χ4v) is 3.73. The first-order valence-corrected chi connectivity index (χ1v) is 10.1. The second-order valence-corrected chi connectivity index (χ2v) is 7.27. The molecule has 0 fully saturated rings. The number of hydrogen-bond acceptors (Lipinski definition) is 5. The summed E-state index contributed by atoms with van der Waals surface area (Å²) in [7, 11) is 0. The number of fused-ring (bicyclic) bond motifs is 3. The fourth-order valence-electron chi connectivity index (χ4n) is 3.73. The van der Waals surface area contributed by atoms with Gasteiger partial charge in [-0.25, -0.2) is 14.6 Å². The average molecular weight is 427 g/mol. The minimum Gasteiger partial charge on any atom is -0.478 e. The van der Waals surface area contributed by atoms with E-state index in [4.69, 9.17) is 15.6 Å². The number of hydrogen-bond donors (Lipinski definition) is 3. The van der Waals surface area contributed by atoms with Crippen LogP contribution in [0.1, 0.15) is 39.4 Å². The highest BCUT2D eigenvalue weighted by atomic mass is 16.5. The second-order valence-electron chi connectivity index (χ2n) is 7.27. The molecule has 0 atom stereocenters. The number of ether oxygens (including phenoxy) is 1. The van der Waals surface area contributed by atoms with Crippen molar-refractivity contribution in [3.8, 4) is 23.0 Å². The van der Waals surface area contributed by atoms with Gasteiger partial charge >= 0.3 is 12.1 Å². The zero-order valence-electron chi connectivity index (χ0n) is 17.2. The van der Waals surface area contributed by atoms with Crippen LogP contribution >= 0.6 is 0 Å². The Morgan fingerprint density at radius 2 is 1.75 bits per heavy atom. The summed E-state index contributed by atoms with van der Waals surface area (Å²) >= 11 is 0. The smallest absolute Gasteiger partial charge is 0.407 e. The summed E-state index contributed by atoms with van der Waals surface area (Å²) in [5, 5.41) is 11.7. The van der Waals surface area contributed by atoms with Gasteiger partial charge in [0.05, 0.1) is 11.1 Å². The molecule has 1 amide bonds. The number of nitrogens with two attached hydrogens (primary N) is 1. The van der Waals surface area contributed by atoms with E-state index in [0.717, 1.165) is 11.1 Å². The Labute approximate surface area is 185 Å². The number of rotatable bonds is 5. The lowest BCUT2D eigenvalue weighted by atomic mass is 9.98. The summed E-state index contributed by atoms with van der Waals surface area (Å²) in [5.41, 5.74) is 10.7. The van der Waals surface area contributed by atoms with E-state index in [1.807, 2.05) is 24.3 Å². The monoisotopic (exact) mass is 427 g/mol. The summed E-state index contributed by atoms with van der Waals surface area (Å²) in [5.74, 6) is 4.71. The third kappa shape index (κ3) is 4.40. The second kappa shape index (κ2) is 9.23. The highest BCUT2D eigenvalue weighted by molar-refractivity contribution is 5.88. The summed E-state index contributed by atoms with van der Waals surface area (Å²) < 4.78 is 5.47. The molecule has 7 heteroatoms. The van der Waals surface area contributed by atoms with E-state index >= 15 is 0 Å². The Balaban J connectivity index is 1.30. The van der Waals surface area contributed by atoms with Gasteiger partial charge in [-0.1, -0.05) is 60.4 Å². The molecule has 1 aliphatic rings. The molecule has 0 saturated carbocycles. The van der Waals surface area contributed by atoms with Gasteiger partial charge in [0.15, 0.2) is 0 Å². The van der Waals surface area contributed by atoms with Crippen molar-refractivity contribution < 1.29 is 19.4 Å². The predicted octanol–water partition coefficient (Wildman–Crippen LogP) is 3.64. The van der Waals surface area contributed by atoms with Crippen LogP contribution < -0.4 is 11.1 Å². The Kier molecular flexibility index (Phi) is 6.04. The summed E-state index contributed by atoms with van der Waals surface area (Å²) in [6, 6.07) is 17.7. The van der Waals surface area contributed by atoms with Crippen molar-refractivity contribution in [2.45, 2.75) is 12.3 Å². The van der Waals surface area contributed by atoms with Crippen molar-refractivity contribution in [1.82, 2.24) is 10.3 Å². The topological polar surface area (TPSA) is 115 Å². The molecule has 1 aromatic heterocycles. The first-order valence-electron chi connectivity index (χ1n) is 10.1. The SMILES string of the molecule is Nc1ncc(C(=O)O)cc1C#CCCNC(=O)OCC1c2ccccc2-c2ccccc21. The molecule has 1 aliphatic carbocycles. The molecule has 160 valence electrons. The van der Waals surface area contributed by atoms with E-state index in [1.54, 1.807) is 0 Å². The van der Waals surface area contributed by atoms with Crippen LogP contribution in [-0.2, 0) is 4.74 Å². The number of carboxylic acids is 1. The van der Waals surface area contributed by atoms with Crippen LogP contribution in [0, 0.1) is 11.8 Å². The maximum Gasteiger partial charge on any atom is 0.407 e. The van der Waals surface area contributed by atoms with Crippen molar-refractivity contribution >= 4 is 17.9 Å². The molecule has 0 saturated heterocycles. The summed E-state index contributed by atoms with van der Waals surface area (Å²) in [6.07, 6.45) is 1.02. The van der Waals surface area contributed by atoms with Gasteiger partial charge in [0.25, 0.3) is 0 Å². The van der Waals surface area contributed by atoms with Crippen molar-refractivity contribution in [3.63, 3.8) is 0 Å². The average Bonchev–Trinajstić information content (AvgIpc) is 3.12. The largest absolute Gasteiger partial charge is 0.478 e. The molecule has 0 spiro atoms. The fraction of sp³-hybridized carbons (Fsp3) is 0.160. The number of carboxylic acid groups (broad SMARTS) is 1. The van der Waals surface area contributed by atoms with Crippen molar-refractivity contribution in [1.29, 1.82) is 0 Å². The van der Waals surface area contributed by atoms with Gasteiger partial charge in [-0.3, -0.25) is 0 Å². The number of nitrogens with one attached hydrogen (secondary N) is 1. The van der Waals surface area contributed by atoms with Gasteiger partial charge in [-0.2, -0.15) is 0 Å². The zero-order chi connectivity index (χ0) is 22.5. The van der Waals surface area contributed by atoms with Gasteiger partial charge in [-0.05, 0) is 28.3 Å². The maximum atomic E-state index is 12.2. The van der Waals surface area contributed by atoms with E-state index in [0.29, 0.717) is 12.0 Å². The Morgan fingerprint density at radius 1 is 1.09 bits per heavy atom. The third-order valence-electron chi connectivity index (χ3n) is 5.25. The van der Waals surface area contributed by atoms with Crippen LogP contribution in [0.4, 0.5) is 10.6 Å². The van der Waals surface area contributed by atoms with Crippen LogP contribution in [-0.4, -0.2) is 35.3 Å². The minimum atomic E-state index is -1.10. The molecule has 32 heavy (non-hydrogen) atoms. The molecule has 4 rings (SSSR count). The molecule has 0 bridgehead atoms. The first-order chi connectivity index (χ1) is 15.5. The normalized spacial score (nSPS) is 11.6. The van der Waals surface area contributed by atoms with E-state index in [2.05, 4.69) is 46.4 Å². The third-order valence-corrected chi connectivity index (χ3v) is 5.25. The zero-order valence-corrected chi connectivity index (χ0v) is 17.2. The van der Waals surface area contributed by atoms with Crippen LogP contribution in [0.3, 0.4) is 0 Å². The molecule has 4 N–H and O–H groups in total.